The minimum absolute atomic E-state index is 0.691. The average molecular weight is 308 g/mol. The summed E-state index contributed by atoms with van der Waals surface area (Å²) < 4.78 is 5.68. The number of benzene rings is 2. The van der Waals surface area contributed by atoms with Crippen LogP contribution in [-0.4, -0.2) is 46.2 Å². The van der Waals surface area contributed by atoms with Crippen molar-refractivity contribution in [1.82, 2.24) is 4.90 Å². The number of ether oxygens (including phenoxy) is 1. The monoisotopic (exact) mass is 308 g/mol. The molecular weight excluding hydrogens is 284 g/mol. The Labute approximate surface area is 139 Å². The zero-order chi connectivity index (χ0) is 16.7. The lowest BCUT2D eigenvalue weighted by molar-refractivity contribution is 0.261. The van der Waals surface area contributed by atoms with E-state index in [0.717, 1.165) is 23.4 Å². The number of nitrogens with zero attached hydrogens (tertiary/aromatic N) is 2. The van der Waals surface area contributed by atoms with Crippen molar-refractivity contribution in [1.29, 1.82) is 0 Å². The molecule has 0 radical (unpaired) electrons. The van der Waals surface area contributed by atoms with Crippen LogP contribution < -0.4 is 9.64 Å². The van der Waals surface area contributed by atoms with E-state index in [4.69, 9.17) is 4.74 Å². The predicted octanol–water partition coefficient (Wildman–Crippen LogP) is 3.09. The quantitative estimate of drug-likeness (QED) is 0.790. The third-order valence-electron chi connectivity index (χ3n) is 3.40. The molecule has 0 atom stereocenters. The molecule has 23 heavy (non-hydrogen) atoms. The Morgan fingerprint density at radius 2 is 1.30 bits per heavy atom. The lowest BCUT2D eigenvalue weighted by Crippen LogP contribution is -2.19. The van der Waals surface area contributed by atoms with Crippen LogP contribution in [0.4, 0.5) is 5.69 Å². The summed E-state index contributed by atoms with van der Waals surface area (Å²) in [5, 5.41) is 0. The zero-order valence-electron chi connectivity index (χ0n) is 14.3. The van der Waals surface area contributed by atoms with Gasteiger partial charge in [0.1, 0.15) is 12.4 Å². The fraction of sp³-hybridized carbons (Fsp3) is 0.300. The van der Waals surface area contributed by atoms with Crippen LogP contribution in [0.25, 0.3) is 0 Å². The molecule has 0 aliphatic heterocycles. The van der Waals surface area contributed by atoms with Crippen LogP contribution in [0.5, 0.6) is 5.75 Å². The minimum atomic E-state index is 0.691. The number of likely N-dealkylation sites (N-methyl/N-ethyl adjacent to an activating group) is 1. The van der Waals surface area contributed by atoms with Crippen molar-refractivity contribution in [2.75, 3.05) is 46.2 Å². The molecule has 2 rings (SSSR count). The summed E-state index contributed by atoms with van der Waals surface area (Å²) in [6.45, 7) is 1.60. The largest absolute Gasteiger partial charge is 0.492 e. The molecule has 2 aromatic rings. The maximum Gasteiger partial charge on any atom is 0.119 e. The van der Waals surface area contributed by atoms with Gasteiger partial charge in [0, 0.05) is 37.5 Å². The molecule has 3 nitrogen and oxygen atoms in total. The van der Waals surface area contributed by atoms with Crippen LogP contribution in [0, 0.1) is 11.8 Å². The first-order chi connectivity index (χ1) is 11.0. The Hall–Kier alpha value is -2.44. The van der Waals surface area contributed by atoms with Gasteiger partial charge < -0.3 is 14.5 Å². The van der Waals surface area contributed by atoms with Crippen LogP contribution in [0.3, 0.4) is 0 Å². The van der Waals surface area contributed by atoms with Gasteiger partial charge in [-0.3, -0.25) is 0 Å². The Morgan fingerprint density at radius 1 is 0.783 bits per heavy atom. The Morgan fingerprint density at radius 3 is 1.78 bits per heavy atom. The van der Waals surface area contributed by atoms with Gasteiger partial charge in [0.15, 0.2) is 0 Å². The molecule has 3 heteroatoms. The van der Waals surface area contributed by atoms with Gasteiger partial charge >= 0.3 is 0 Å². The summed E-state index contributed by atoms with van der Waals surface area (Å²) in [5.74, 6) is 7.25. The summed E-state index contributed by atoms with van der Waals surface area (Å²) in [6.07, 6.45) is 0. The molecule has 0 N–H and O–H groups in total. The molecule has 0 aromatic heterocycles. The number of hydrogen-bond donors (Lipinski definition) is 0. The molecule has 0 heterocycles. The second-order valence-electron chi connectivity index (χ2n) is 5.87. The van der Waals surface area contributed by atoms with Crippen molar-refractivity contribution < 1.29 is 4.74 Å². The minimum Gasteiger partial charge on any atom is -0.492 e. The molecule has 0 saturated heterocycles. The van der Waals surface area contributed by atoms with E-state index in [9.17, 15) is 0 Å². The average Bonchev–Trinajstić information content (AvgIpc) is 2.54. The van der Waals surface area contributed by atoms with Gasteiger partial charge in [-0.15, -0.1) is 0 Å². The molecule has 0 bridgehead atoms. The SMILES string of the molecule is CN(C)CCOc1ccc(C#Cc2ccc(N(C)C)cc2)cc1. The summed E-state index contributed by atoms with van der Waals surface area (Å²) in [6, 6.07) is 16.2. The van der Waals surface area contributed by atoms with Crippen molar-refractivity contribution in [2.24, 2.45) is 0 Å². The van der Waals surface area contributed by atoms with E-state index in [1.165, 1.54) is 5.69 Å². The van der Waals surface area contributed by atoms with Crippen LogP contribution in [0.1, 0.15) is 11.1 Å². The predicted molar refractivity (Wildman–Crippen MR) is 97.2 cm³/mol. The Kier molecular flexibility index (Phi) is 6.08. The third kappa shape index (κ3) is 5.69. The van der Waals surface area contributed by atoms with Gasteiger partial charge in [-0.2, -0.15) is 0 Å². The molecule has 0 fully saturated rings. The molecule has 0 aliphatic carbocycles. The van der Waals surface area contributed by atoms with E-state index < -0.39 is 0 Å². The highest BCUT2D eigenvalue weighted by atomic mass is 16.5. The van der Waals surface area contributed by atoms with E-state index >= 15 is 0 Å². The topological polar surface area (TPSA) is 15.7 Å². The van der Waals surface area contributed by atoms with Crippen LogP contribution in [0.2, 0.25) is 0 Å². The third-order valence-corrected chi connectivity index (χ3v) is 3.40. The maximum absolute atomic E-state index is 5.68. The first kappa shape index (κ1) is 16.9. The standard InChI is InChI=1S/C20H24N2O/c1-21(2)15-16-23-20-13-9-18(10-14-20)6-5-17-7-11-19(12-8-17)22(3)4/h7-14H,15-16H2,1-4H3. The lowest BCUT2D eigenvalue weighted by Gasteiger charge is -2.11. The summed E-state index contributed by atoms with van der Waals surface area (Å²) in [4.78, 5) is 4.17. The lowest BCUT2D eigenvalue weighted by atomic mass is 10.1. The van der Waals surface area contributed by atoms with Crippen molar-refractivity contribution in [3.8, 4) is 17.6 Å². The first-order valence-corrected chi connectivity index (χ1v) is 7.71. The number of rotatable bonds is 5. The van der Waals surface area contributed by atoms with Crippen molar-refractivity contribution in [3.05, 3.63) is 59.7 Å². The van der Waals surface area contributed by atoms with Crippen LogP contribution in [0.15, 0.2) is 48.5 Å². The molecule has 120 valence electrons. The van der Waals surface area contributed by atoms with E-state index in [2.05, 4.69) is 33.8 Å². The fourth-order valence-corrected chi connectivity index (χ4v) is 1.97. The molecule has 0 amide bonds. The smallest absolute Gasteiger partial charge is 0.119 e. The van der Waals surface area contributed by atoms with Crippen LogP contribution in [-0.2, 0) is 0 Å². The van der Waals surface area contributed by atoms with Crippen molar-refractivity contribution >= 4 is 5.69 Å². The highest BCUT2D eigenvalue weighted by Gasteiger charge is 1.96. The van der Waals surface area contributed by atoms with Gasteiger partial charge in [0.2, 0.25) is 0 Å². The number of hydrogen-bond acceptors (Lipinski definition) is 3. The van der Waals surface area contributed by atoms with Crippen molar-refractivity contribution in [2.45, 2.75) is 0 Å². The highest BCUT2D eigenvalue weighted by Crippen LogP contribution is 2.13. The van der Waals surface area contributed by atoms with E-state index in [-0.39, 0.29) is 0 Å². The maximum atomic E-state index is 5.68. The Balaban J connectivity index is 1.95. The normalized spacial score (nSPS) is 10.1. The van der Waals surface area contributed by atoms with Gasteiger partial charge in [-0.1, -0.05) is 11.8 Å². The summed E-state index contributed by atoms with van der Waals surface area (Å²) in [5.41, 5.74) is 3.18. The van der Waals surface area contributed by atoms with E-state index in [1.807, 2.05) is 64.6 Å². The first-order valence-electron chi connectivity index (χ1n) is 7.71. The summed E-state index contributed by atoms with van der Waals surface area (Å²) in [7, 11) is 8.13. The van der Waals surface area contributed by atoms with Crippen LogP contribution >= 0.6 is 0 Å². The molecule has 0 spiro atoms. The van der Waals surface area contributed by atoms with E-state index in [1.54, 1.807) is 0 Å². The van der Waals surface area contributed by atoms with Gasteiger partial charge in [0.05, 0.1) is 0 Å². The van der Waals surface area contributed by atoms with Crippen molar-refractivity contribution in [3.63, 3.8) is 0 Å². The van der Waals surface area contributed by atoms with Gasteiger partial charge in [-0.25, -0.2) is 0 Å². The fourth-order valence-electron chi connectivity index (χ4n) is 1.97. The highest BCUT2D eigenvalue weighted by molar-refractivity contribution is 5.51. The Bertz CT molecular complexity index is 662. The second-order valence-corrected chi connectivity index (χ2v) is 5.87. The molecule has 2 aromatic carbocycles. The summed E-state index contributed by atoms with van der Waals surface area (Å²) >= 11 is 0. The molecule has 0 aliphatic rings. The van der Waals surface area contributed by atoms with Gasteiger partial charge in [-0.05, 0) is 62.6 Å². The second kappa shape index (κ2) is 8.26. The molecule has 0 saturated carbocycles. The zero-order valence-corrected chi connectivity index (χ0v) is 14.3. The molecular formula is C20H24N2O. The van der Waals surface area contributed by atoms with E-state index in [0.29, 0.717) is 6.61 Å². The molecule has 0 unspecified atom stereocenters. The van der Waals surface area contributed by atoms with Gasteiger partial charge in [0.25, 0.3) is 0 Å². The number of anilines is 1.